The summed E-state index contributed by atoms with van der Waals surface area (Å²) in [7, 11) is 0. The van der Waals surface area contributed by atoms with Crippen molar-refractivity contribution in [2.75, 3.05) is 0 Å². The Balaban J connectivity index is 1.80. The molecular weight excluding hydrogens is 277 g/mol. The fourth-order valence-electron chi connectivity index (χ4n) is 1.97. The maximum Gasteiger partial charge on any atom is 0.134 e. The molecule has 3 rings (SSSR count). The summed E-state index contributed by atoms with van der Waals surface area (Å²) < 4.78 is 19.7. The summed E-state index contributed by atoms with van der Waals surface area (Å²) in [5.74, 6) is 0.942. The van der Waals surface area contributed by atoms with E-state index in [1.807, 2.05) is 0 Å². The highest BCUT2D eigenvalue weighted by Crippen LogP contribution is 2.29. The molecule has 20 heavy (non-hydrogen) atoms. The van der Waals surface area contributed by atoms with Crippen LogP contribution >= 0.6 is 11.6 Å². The normalized spacial score (nSPS) is 14.3. The first-order chi connectivity index (χ1) is 9.72. The van der Waals surface area contributed by atoms with E-state index in [0.29, 0.717) is 34.7 Å². The van der Waals surface area contributed by atoms with Gasteiger partial charge in [-0.1, -0.05) is 17.7 Å². The number of nitrogens with one attached hydrogen (secondary N) is 1. The molecule has 0 saturated heterocycles. The predicted octanol–water partition coefficient (Wildman–Crippen LogP) is 4.52. The number of halogens is 2. The molecule has 1 fully saturated rings. The third-order valence-corrected chi connectivity index (χ3v) is 3.51. The van der Waals surface area contributed by atoms with Gasteiger partial charge in [0, 0.05) is 23.2 Å². The molecule has 4 heteroatoms. The van der Waals surface area contributed by atoms with Crippen LogP contribution in [0.15, 0.2) is 42.5 Å². The molecule has 2 nitrogen and oxygen atoms in total. The quantitative estimate of drug-likeness (QED) is 0.874. The van der Waals surface area contributed by atoms with Gasteiger partial charge >= 0.3 is 0 Å². The van der Waals surface area contributed by atoms with Crippen LogP contribution in [0.5, 0.6) is 11.5 Å². The van der Waals surface area contributed by atoms with E-state index in [1.165, 1.54) is 18.9 Å². The number of benzene rings is 2. The van der Waals surface area contributed by atoms with Gasteiger partial charge in [-0.2, -0.15) is 0 Å². The summed E-state index contributed by atoms with van der Waals surface area (Å²) in [6.07, 6.45) is 2.34. The molecule has 1 N–H and O–H groups in total. The molecule has 0 radical (unpaired) electrons. The summed E-state index contributed by atoms with van der Waals surface area (Å²) in [6.45, 7) is 0.486. The van der Waals surface area contributed by atoms with E-state index in [4.69, 9.17) is 16.3 Å². The van der Waals surface area contributed by atoms with Crippen LogP contribution < -0.4 is 10.1 Å². The van der Waals surface area contributed by atoms with Crippen LogP contribution in [-0.4, -0.2) is 6.04 Å². The molecule has 0 spiro atoms. The second-order valence-electron chi connectivity index (χ2n) is 4.93. The first kappa shape index (κ1) is 13.4. The SMILES string of the molecule is Fc1cccc(Oc2ccc(Cl)cc2)c1CNC1CC1. The van der Waals surface area contributed by atoms with Crippen LogP contribution in [0.1, 0.15) is 18.4 Å². The van der Waals surface area contributed by atoms with Crippen LogP contribution in [0.3, 0.4) is 0 Å². The molecule has 2 aromatic carbocycles. The Hall–Kier alpha value is -1.58. The minimum absolute atomic E-state index is 0.246. The second kappa shape index (κ2) is 5.81. The van der Waals surface area contributed by atoms with Crippen molar-refractivity contribution in [1.29, 1.82) is 0 Å². The summed E-state index contributed by atoms with van der Waals surface area (Å²) in [6, 6.07) is 12.5. The zero-order valence-corrected chi connectivity index (χ0v) is 11.7. The first-order valence-electron chi connectivity index (χ1n) is 6.66. The minimum Gasteiger partial charge on any atom is -0.457 e. The largest absolute Gasteiger partial charge is 0.457 e. The fraction of sp³-hybridized carbons (Fsp3) is 0.250. The van der Waals surface area contributed by atoms with Gasteiger partial charge in [-0.25, -0.2) is 4.39 Å². The van der Waals surface area contributed by atoms with Crippen molar-refractivity contribution in [1.82, 2.24) is 5.32 Å². The molecule has 0 bridgehead atoms. The van der Waals surface area contributed by atoms with Crippen molar-refractivity contribution in [2.24, 2.45) is 0 Å². The molecule has 0 amide bonds. The van der Waals surface area contributed by atoms with Crippen LogP contribution in [-0.2, 0) is 6.54 Å². The fourth-order valence-corrected chi connectivity index (χ4v) is 2.10. The maximum absolute atomic E-state index is 13.9. The molecule has 1 saturated carbocycles. The third kappa shape index (κ3) is 3.30. The van der Waals surface area contributed by atoms with Gasteiger partial charge in [0.1, 0.15) is 17.3 Å². The van der Waals surface area contributed by atoms with Crippen molar-refractivity contribution in [2.45, 2.75) is 25.4 Å². The highest BCUT2D eigenvalue weighted by Gasteiger charge is 2.21. The van der Waals surface area contributed by atoms with Crippen LogP contribution in [0, 0.1) is 5.82 Å². The van der Waals surface area contributed by atoms with Gasteiger partial charge in [-0.15, -0.1) is 0 Å². The Bertz CT molecular complexity index is 596. The average molecular weight is 292 g/mol. The van der Waals surface area contributed by atoms with E-state index in [1.54, 1.807) is 36.4 Å². The molecular formula is C16H15ClFNO. The maximum atomic E-state index is 13.9. The molecule has 0 heterocycles. The Kier molecular flexibility index (Phi) is 3.90. The first-order valence-corrected chi connectivity index (χ1v) is 7.04. The summed E-state index contributed by atoms with van der Waals surface area (Å²) >= 11 is 5.84. The molecule has 104 valence electrons. The lowest BCUT2D eigenvalue weighted by Gasteiger charge is -2.12. The van der Waals surface area contributed by atoms with Crippen molar-refractivity contribution in [3.63, 3.8) is 0 Å². The lowest BCUT2D eigenvalue weighted by Crippen LogP contribution is -2.16. The Morgan fingerprint density at radius 1 is 1.15 bits per heavy atom. The van der Waals surface area contributed by atoms with E-state index in [9.17, 15) is 4.39 Å². The van der Waals surface area contributed by atoms with Gasteiger partial charge < -0.3 is 10.1 Å². The molecule has 0 atom stereocenters. The van der Waals surface area contributed by atoms with Gasteiger partial charge in [0.2, 0.25) is 0 Å². The van der Waals surface area contributed by atoms with Crippen molar-refractivity contribution in [3.8, 4) is 11.5 Å². The van der Waals surface area contributed by atoms with Gasteiger partial charge in [0.05, 0.1) is 0 Å². The van der Waals surface area contributed by atoms with Crippen molar-refractivity contribution < 1.29 is 9.13 Å². The van der Waals surface area contributed by atoms with E-state index < -0.39 is 0 Å². The number of rotatable bonds is 5. The zero-order valence-electron chi connectivity index (χ0n) is 10.9. The number of hydrogen-bond donors (Lipinski definition) is 1. The zero-order chi connectivity index (χ0) is 13.9. The average Bonchev–Trinajstić information content (AvgIpc) is 3.25. The van der Waals surface area contributed by atoms with Gasteiger partial charge in [0.15, 0.2) is 0 Å². The lowest BCUT2D eigenvalue weighted by molar-refractivity contribution is 0.461. The van der Waals surface area contributed by atoms with Crippen LogP contribution in [0.25, 0.3) is 0 Å². The van der Waals surface area contributed by atoms with Gasteiger partial charge in [-0.3, -0.25) is 0 Å². The Morgan fingerprint density at radius 2 is 1.90 bits per heavy atom. The molecule has 2 aromatic rings. The summed E-state index contributed by atoms with van der Waals surface area (Å²) in [5, 5.41) is 3.95. The Labute approximate surface area is 122 Å². The van der Waals surface area contributed by atoms with Gasteiger partial charge in [0.25, 0.3) is 0 Å². The van der Waals surface area contributed by atoms with E-state index in [0.717, 1.165) is 0 Å². The van der Waals surface area contributed by atoms with Crippen molar-refractivity contribution >= 4 is 11.6 Å². The number of hydrogen-bond acceptors (Lipinski definition) is 2. The standard InChI is InChI=1S/C16H15ClFNO/c17-11-4-8-13(9-5-11)20-16-3-1-2-15(18)14(16)10-19-12-6-7-12/h1-5,8-9,12,19H,6-7,10H2. The molecule has 0 aliphatic heterocycles. The molecule has 0 aromatic heterocycles. The van der Waals surface area contributed by atoms with E-state index in [2.05, 4.69) is 5.32 Å². The Morgan fingerprint density at radius 3 is 2.60 bits per heavy atom. The van der Waals surface area contributed by atoms with E-state index >= 15 is 0 Å². The topological polar surface area (TPSA) is 21.3 Å². The highest BCUT2D eigenvalue weighted by molar-refractivity contribution is 6.30. The van der Waals surface area contributed by atoms with Crippen LogP contribution in [0.2, 0.25) is 5.02 Å². The predicted molar refractivity (Wildman–Crippen MR) is 77.8 cm³/mol. The van der Waals surface area contributed by atoms with Crippen LogP contribution in [0.4, 0.5) is 4.39 Å². The van der Waals surface area contributed by atoms with Crippen molar-refractivity contribution in [3.05, 3.63) is 58.9 Å². The molecule has 1 aliphatic carbocycles. The summed E-state index contributed by atoms with van der Waals surface area (Å²) in [5.41, 5.74) is 0.564. The number of ether oxygens (including phenoxy) is 1. The molecule has 0 unspecified atom stereocenters. The third-order valence-electron chi connectivity index (χ3n) is 3.26. The van der Waals surface area contributed by atoms with E-state index in [-0.39, 0.29) is 5.82 Å². The van der Waals surface area contributed by atoms with Gasteiger partial charge in [-0.05, 0) is 49.2 Å². The lowest BCUT2D eigenvalue weighted by atomic mass is 10.2. The minimum atomic E-state index is -0.246. The molecule has 1 aliphatic rings. The second-order valence-corrected chi connectivity index (χ2v) is 5.36. The monoisotopic (exact) mass is 291 g/mol. The highest BCUT2D eigenvalue weighted by atomic mass is 35.5. The smallest absolute Gasteiger partial charge is 0.134 e. The summed E-state index contributed by atoms with van der Waals surface area (Å²) in [4.78, 5) is 0.